The molecule has 0 radical (unpaired) electrons. The Morgan fingerprint density at radius 3 is 2.71 bits per heavy atom. The Balaban J connectivity index is 1.55. The van der Waals surface area contributed by atoms with Gasteiger partial charge in [0.2, 0.25) is 0 Å². The van der Waals surface area contributed by atoms with Crippen LogP contribution in [-0.4, -0.2) is 59.5 Å². The molecule has 6 nitrogen and oxygen atoms in total. The van der Waals surface area contributed by atoms with Crippen molar-refractivity contribution in [3.8, 4) is 5.75 Å². The number of methoxy groups -OCH3 is 1. The Morgan fingerprint density at radius 2 is 1.96 bits per heavy atom. The number of carbonyl (C=O) groups is 1. The molecule has 0 unspecified atom stereocenters. The number of pyridine rings is 1. The van der Waals surface area contributed by atoms with Crippen molar-refractivity contribution < 1.29 is 9.53 Å². The van der Waals surface area contributed by atoms with Crippen molar-refractivity contribution in [2.75, 3.05) is 26.7 Å². The van der Waals surface area contributed by atoms with Gasteiger partial charge in [-0.1, -0.05) is 12.1 Å². The highest BCUT2D eigenvalue weighted by Gasteiger charge is 2.54. The van der Waals surface area contributed by atoms with E-state index in [-0.39, 0.29) is 29.0 Å². The number of benzene rings is 1. The molecule has 146 valence electrons. The molecule has 3 atom stereocenters. The largest absolute Gasteiger partial charge is 0.497 e. The lowest BCUT2D eigenvalue weighted by Crippen LogP contribution is -2.60. The fraction of sp³-hybridized carbons (Fsp3) is 0.455. The van der Waals surface area contributed by atoms with Gasteiger partial charge in [0.1, 0.15) is 11.3 Å². The van der Waals surface area contributed by atoms with Crippen LogP contribution in [-0.2, 0) is 0 Å². The lowest BCUT2D eigenvalue weighted by atomic mass is 9.75. The van der Waals surface area contributed by atoms with E-state index in [9.17, 15) is 9.59 Å². The molecule has 1 aromatic carbocycles. The molecule has 0 saturated carbocycles. The van der Waals surface area contributed by atoms with Crippen LogP contribution in [0.5, 0.6) is 5.75 Å². The van der Waals surface area contributed by atoms with Crippen LogP contribution in [0.15, 0.2) is 47.4 Å². The second-order valence-corrected chi connectivity index (χ2v) is 8.11. The maximum absolute atomic E-state index is 13.4. The lowest BCUT2D eigenvalue weighted by Gasteiger charge is -2.51. The van der Waals surface area contributed by atoms with Crippen molar-refractivity contribution in [2.45, 2.75) is 30.8 Å². The van der Waals surface area contributed by atoms with Crippen molar-refractivity contribution in [1.82, 2.24) is 14.8 Å². The number of H-pyrrole nitrogens is 1. The number of nitrogens with one attached hydrogen (secondary N) is 1. The van der Waals surface area contributed by atoms with Crippen LogP contribution >= 0.6 is 0 Å². The molecule has 5 heterocycles. The van der Waals surface area contributed by atoms with E-state index in [4.69, 9.17) is 4.74 Å². The highest BCUT2D eigenvalue weighted by atomic mass is 16.5. The van der Waals surface area contributed by atoms with Crippen LogP contribution in [0.3, 0.4) is 0 Å². The first-order valence-electron chi connectivity index (χ1n) is 10.0. The van der Waals surface area contributed by atoms with E-state index < -0.39 is 0 Å². The summed E-state index contributed by atoms with van der Waals surface area (Å²) in [5.74, 6) is 1.44. The zero-order valence-corrected chi connectivity index (χ0v) is 16.0. The van der Waals surface area contributed by atoms with E-state index in [0.717, 1.165) is 31.7 Å². The van der Waals surface area contributed by atoms with Crippen LogP contribution < -0.4 is 10.3 Å². The predicted molar refractivity (Wildman–Crippen MR) is 106 cm³/mol. The summed E-state index contributed by atoms with van der Waals surface area (Å²) in [6, 6.07) is 12.0. The van der Waals surface area contributed by atoms with Gasteiger partial charge in [-0.15, -0.1) is 0 Å². The Morgan fingerprint density at radius 1 is 1.14 bits per heavy atom. The molecule has 4 saturated heterocycles. The summed E-state index contributed by atoms with van der Waals surface area (Å²) >= 11 is 0. The van der Waals surface area contributed by atoms with Crippen molar-refractivity contribution >= 4 is 5.91 Å². The number of aromatic amines is 1. The van der Waals surface area contributed by atoms with Gasteiger partial charge in [-0.2, -0.15) is 0 Å². The van der Waals surface area contributed by atoms with Crippen LogP contribution in [0.1, 0.15) is 34.7 Å². The molecule has 4 aliphatic heterocycles. The number of ether oxygens (including phenoxy) is 1. The van der Waals surface area contributed by atoms with E-state index in [2.05, 4.69) is 22.0 Å². The molecule has 0 spiro atoms. The highest BCUT2D eigenvalue weighted by Crippen LogP contribution is 2.47. The summed E-state index contributed by atoms with van der Waals surface area (Å²) in [5.41, 5.74) is 1.14. The van der Waals surface area contributed by atoms with Gasteiger partial charge in [-0.3, -0.25) is 14.5 Å². The van der Waals surface area contributed by atoms with Crippen LogP contribution in [0.4, 0.5) is 0 Å². The molecular formula is C22H25N3O3. The monoisotopic (exact) mass is 379 g/mol. The Bertz CT molecular complexity index is 948. The second kappa shape index (κ2) is 6.78. The molecule has 6 heteroatoms. The second-order valence-electron chi connectivity index (χ2n) is 8.11. The fourth-order valence-electron chi connectivity index (χ4n) is 5.56. The van der Waals surface area contributed by atoms with Crippen LogP contribution in [0.25, 0.3) is 0 Å². The molecule has 1 N–H and O–H groups in total. The zero-order valence-electron chi connectivity index (χ0n) is 16.0. The molecule has 1 amide bonds. The summed E-state index contributed by atoms with van der Waals surface area (Å²) < 4.78 is 5.43. The smallest absolute Gasteiger partial charge is 0.260 e. The normalized spacial score (nSPS) is 30.9. The number of aromatic nitrogens is 1. The third-order valence-corrected chi connectivity index (χ3v) is 6.83. The van der Waals surface area contributed by atoms with Gasteiger partial charge in [0.05, 0.1) is 13.2 Å². The zero-order chi connectivity index (χ0) is 19.3. The summed E-state index contributed by atoms with van der Waals surface area (Å²) in [7, 11) is 1.68. The average Bonchev–Trinajstić information content (AvgIpc) is 3.17. The van der Waals surface area contributed by atoms with Crippen molar-refractivity contribution in [2.24, 2.45) is 5.92 Å². The van der Waals surface area contributed by atoms with Gasteiger partial charge < -0.3 is 14.6 Å². The molecule has 2 bridgehead atoms. The quantitative estimate of drug-likeness (QED) is 0.887. The number of hydrogen-bond donors (Lipinski definition) is 1. The van der Waals surface area contributed by atoms with Gasteiger partial charge in [-0.05, 0) is 61.7 Å². The van der Waals surface area contributed by atoms with Gasteiger partial charge >= 0.3 is 0 Å². The maximum atomic E-state index is 13.4. The lowest BCUT2D eigenvalue weighted by molar-refractivity contribution is -0.00347. The molecule has 4 aliphatic rings. The number of amides is 1. The van der Waals surface area contributed by atoms with E-state index in [0.29, 0.717) is 18.5 Å². The average molecular weight is 379 g/mol. The number of likely N-dealkylation sites (tertiary alicyclic amines) is 1. The van der Waals surface area contributed by atoms with E-state index in [1.54, 1.807) is 25.4 Å². The van der Waals surface area contributed by atoms with Gasteiger partial charge in [0.25, 0.3) is 11.5 Å². The van der Waals surface area contributed by atoms with Gasteiger partial charge in [-0.25, -0.2) is 0 Å². The Hall–Kier alpha value is -2.60. The summed E-state index contributed by atoms with van der Waals surface area (Å²) in [4.78, 5) is 32.8. The van der Waals surface area contributed by atoms with E-state index >= 15 is 0 Å². The molecule has 1 aromatic heterocycles. The van der Waals surface area contributed by atoms with Crippen LogP contribution in [0, 0.1) is 5.92 Å². The summed E-state index contributed by atoms with van der Waals surface area (Å²) in [6.45, 7) is 2.84. The Labute approximate surface area is 164 Å². The van der Waals surface area contributed by atoms with E-state index in [1.807, 2.05) is 17.0 Å². The third-order valence-electron chi connectivity index (χ3n) is 6.83. The first-order valence-corrected chi connectivity index (χ1v) is 10.0. The number of fused-ring (bicyclic) bond motifs is 2. The number of carbonyl (C=O) groups excluding carboxylic acids is 1. The van der Waals surface area contributed by atoms with Crippen molar-refractivity contribution in [1.29, 1.82) is 0 Å². The standard InChI is InChI=1S/C22H25N3O3/c1-28-16-5-2-4-15(12-16)18-13-25(22(27)17-6-3-9-23-21(17)26)19-14-7-10-24(11-8-14)20(18)19/h2-6,9,12,14,18-20H,7-8,10-11,13H2,1H3,(H,23,26)/t18-,19-,20-/m1/s1. The van der Waals surface area contributed by atoms with Crippen molar-refractivity contribution in [3.05, 3.63) is 64.1 Å². The van der Waals surface area contributed by atoms with Crippen molar-refractivity contribution in [3.63, 3.8) is 0 Å². The SMILES string of the molecule is COc1cccc([C@H]2CN(C(=O)c3ccc[nH]c3=O)[C@@H]3C4CCN(CC4)[C@H]23)c1. The summed E-state index contributed by atoms with van der Waals surface area (Å²) in [6.07, 6.45) is 3.82. The molecule has 6 rings (SSSR count). The molecule has 2 aromatic rings. The minimum absolute atomic E-state index is 0.143. The number of piperidine rings is 3. The molecular weight excluding hydrogens is 354 g/mol. The van der Waals surface area contributed by atoms with Gasteiger partial charge in [0, 0.05) is 24.7 Å². The van der Waals surface area contributed by atoms with Gasteiger partial charge in [0.15, 0.2) is 0 Å². The van der Waals surface area contributed by atoms with E-state index in [1.165, 1.54) is 5.56 Å². The Kier molecular flexibility index (Phi) is 4.23. The first-order chi connectivity index (χ1) is 13.7. The first kappa shape index (κ1) is 17.5. The molecule has 28 heavy (non-hydrogen) atoms. The highest BCUT2D eigenvalue weighted by molar-refractivity contribution is 5.94. The number of nitrogens with zero attached hydrogens (tertiary/aromatic N) is 2. The topological polar surface area (TPSA) is 65.6 Å². The maximum Gasteiger partial charge on any atom is 0.260 e. The molecule has 4 fully saturated rings. The third kappa shape index (κ3) is 2.66. The van der Waals surface area contributed by atoms with Crippen LogP contribution in [0.2, 0.25) is 0 Å². The number of hydrogen-bond acceptors (Lipinski definition) is 4. The minimum atomic E-state index is -0.310. The molecule has 0 aliphatic carbocycles. The number of rotatable bonds is 3. The fourth-order valence-corrected chi connectivity index (χ4v) is 5.56. The summed E-state index contributed by atoms with van der Waals surface area (Å²) in [5, 5.41) is 0. The predicted octanol–water partition coefficient (Wildman–Crippen LogP) is 2.09. The minimum Gasteiger partial charge on any atom is -0.497 e.